The number of benzene rings is 1. The summed E-state index contributed by atoms with van der Waals surface area (Å²) in [6, 6.07) is 7.18. The number of hydrogen-bond acceptors (Lipinski definition) is 2. The second-order valence-electron chi connectivity index (χ2n) is 4.45. The van der Waals surface area contributed by atoms with Crippen molar-refractivity contribution < 1.29 is 9.90 Å². The largest absolute Gasteiger partial charge is 0.388 e. The summed E-state index contributed by atoms with van der Waals surface area (Å²) in [7, 11) is 0. The minimum Gasteiger partial charge on any atom is -0.388 e. The summed E-state index contributed by atoms with van der Waals surface area (Å²) in [6.45, 7) is 4.08. The van der Waals surface area contributed by atoms with E-state index < -0.39 is 5.60 Å². The van der Waals surface area contributed by atoms with Gasteiger partial charge in [-0.15, -0.1) is 11.6 Å². The number of amides is 1. The lowest BCUT2D eigenvalue weighted by atomic mass is 9.97. The highest BCUT2D eigenvalue weighted by Crippen LogP contribution is 2.13. The van der Waals surface area contributed by atoms with Crippen LogP contribution in [0, 0.1) is 0 Å². The van der Waals surface area contributed by atoms with Gasteiger partial charge in [-0.1, -0.05) is 26.0 Å². The van der Waals surface area contributed by atoms with Gasteiger partial charge in [-0.3, -0.25) is 4.79 Å². The van der Waals surface area contributed by atoms with Gasteiger partial charge in [0, 0.05) is 18.0 Å². The molecule has 0 heterocycles. The van der Waals surface area contributed by atoms with Gasteiger partial charge in [-0.25, -0.2) is 0 Å². The minimum atomic E-state index is -0.820. The summed E-state index contributed by atoms with van der Waals surface area (Å²) >= 11 is 5.73. The second kappa shape index (κ2) is 6.76. The fourth-order valence-corrected chi connectivity index (χ4v) is 1.81. The molecule has 0 spiro atoms. The molecule has 1 amide bonds. The average molecular weight is 270 g/mol. The minimum absolute atomic E-state index is 0.178. The molecule has 0 aliphatic rings. The molecule has 0 aliphatic heterocycles. The Balaban J connectivity index is 2.65. The normalized spacial score (nSPS) is 11.3. The Kier molecular flexibility index (Phi) is 5.63. The maximum absolute atomic E-state index is 11.9. The van der Waals surface area contributed by atoms with E-state index in [2.05, 4.69) is 5.32 Å². The van der Waals surface area contributed by atoms with Gasteiger partial charge in [0.15, 0.2) is 0 Å². The Morgan fingerprint density at radius 3 is 2.61 bits per heavy atom. The number of carbonyl (C=O) groups is 1. The van der Waals surface area contributed by atoms with E-state index in [0.29, 0.717) is 24.3 Å². The van der Waals surface area contributed by atoms with Crippen molar-refractivity contribution in [1.29, 1.82) is 0 Å². The Morgan fingerprint density at radius 2 is 2.06 bits per heavy atom. The third-order valence-electron chi connectivity index (χ3n) is 3.24. The Bertz CT molecular complexity index is 403. The van der Waals surface area contributed by atoms with Crippen LogP contribution >= 0.6 is 11.6 Å². The van der Waals surface area contributed by atoms with Crippen LogP contribution in [-0.2, 0) is 5.88 Å². The molecule has 2 N–H and O–H groups in total. The number of carbonyl (C=O) groups excluding carboxylic acids is 1. The lowest BCUT2D eigenvalue weighted by Crippen LogP contribution is -2.42. The zero-order valence-corrected chi connectivity index (χ0v) is 11.6. The molecular formula is C14H20ClNO2. The van der Waals surface area contributed by atoms with Crippen molar-refractivity contribution >= 4 is 17.5 Å². The SMILES string of the molecule is CCC(O)(CC)CNC(=O)c1cccc(CCl)c1. The number of alkyl halides is 1. The predicted octanol–water partition coefficient (Wildman–Crippen LogP) is 2.71. The smallest absolute Gasteiger partial charge is 0.251 e. The van der Waals surface area contributed by atoms with Crippen LogP contribution < -0.4 is 5.32 Å². The molecule has 0 unspecified atom stereocenters. The van der Waals surface area contributed by atoms with E-state index in [0.717, 1.165) is 5.56 Å². The zero-order valence-electron chi connectivity index (χ0n) is 10.9. The molecule has 0 bridgehead atoms. The summed E-state index contributed by atoms with van der Waals surface area (Å²) in [5, 5.41) is 12.9. The van der Waals surface area contributed by atoms with Gasteiger partial charge in [0.25, 0.3) is 5.91 Å². The summed E-state index contributed by atoms with van der Waals surface area (Å²) < 4.78 is 0. The van der Waals surface area contributed by atoms with E-state index in [9.17, 15) is 9.90 Å². The fourth-order valence-electron chi connectivity index (χ4n) is 1.64. The molecule has 0 atom stereocenters. The first-order valence-electron chi connectivity index (χ1n) is 6.20. The molecule has 4 heteroatoms. The molecule has 1 aromatic rings. The highest BCUT2D eigenvalue weighted by Gasteiger charge is 2.22. The van der Waals surface area contributed by atoms with Gasteiger partial charge in [-0.2, -0.15) is 0 Å². The first kappa shape index (κ1) is 15.0. The van der Waals surface area contributed by atoms with Crippen LogP contribution in [0.4, 0.5) is 0 Å². The Morgan fingerprint density at radius 1 is 1.39 bits per heavy atom. The van der Waals surface area contributed by atoms with Crippen LogP contribution in [0.5, 0.6) is 0 Å². The van der Waals surface area contributed by atoms with Gasteiger partial charge in [0.2, 0.25) is 0 Å². The maximum atomic E-state index is 11.9. The molecule has 0 saturated heterocycles. The van der Waals surface area contributed by atoms with E-state index in [1.54, 1.807) is 18.2 Å². The van der Waals surface area contributed by atoms with Gasteiger partial charge in [0.1, 0.15) is 0 Å². The zero-order chi connectivity index (χ0) is 13.6. The number of nitrogens with one attached hydrogen (secondary N) is 1. The number of aliphatic hydroxyl groups is 1. The van der Waals surface area contributed by atoms with Gasteiger partial charge in [0.05, 0.1) is 5.60 Å². The molecule has 1 aromatic carbocycles. The van der Waals surface area contributed by atoms with Crippen molar-refractivity contribution in [3.05, 3.63) is 35.4 Å². The quantitative estimate of drug-likeness (QED) is 0.780. The Labute approximate surface area is 113 Å². The lowest BCUT2D eigenvalue weighted by molar-refractivity contribution is 0.0314. The van der Waals surface area contributed by atoms with Gasteiger partial charge >= 0.3 is 0 Å². The van der Waals surface area contributed by atoms with Gasteiger partial charge < -0.3 is 10.4 Å². The van der Waals surface area contributed by atoms with Crippen LogP contribution in [-0.4, -0.2) is 23.2 Å². The van der Waals surface area contributed by atoms with Crippen LogP contribution in [0.15, 0.2) is 24.3 Å². The number of halogens is 1. The summed E-state index contributed by atoms with van der Waals surface area (Å²) in [6.07, 6.45) is 1.23. The monoisotopic (exact) mass is 269 g/mol. The predicted molar refractivity (Wildman–Crippen MR) is 73.9 cm³/mol. The molecule has 1 rings (SSSR count). The van der Waals surface area contributed by atoms with E-state index >= 15 is 0 Å². The average Bonchev–Trinajstić information content (AvgIpc) is 2.44. The third-order valence-corrected chi connectivity index (χ3v) is 3.55. The summed E-state index contributed by atoms with van der Waals surface area (Å²) in [5.41, 5.74) is 0.660. The molecule has 0 fully saturated rings. The van der Waals surface area contributed by atoms with Crippen molar-refractivity contribution in [1.82, 2.24) is 5.32 Å². The van der Waals surface area contributed by atoms with Crippen molar-refractivity contribution in [2.45, 2.75) is 38.2 Å². The van der Waals surface area contributed by atoms with E-state index in [1.807, 2.05) is 19.9 Å². The van der Waals surface area contributed by atoms with Crippen molar-refractivity contribution in [3.8, 4) is 0 Å². The highest BCUT2D eigenvalue weighted by molar-refractivity contribution is 6.17. The van der Waals surface area contributed by atoms with Crippen LogP contribution in [0.3, 0.4) is 0 Å². The van der Waals surface area contributed by atoms with Gasteiger partial charge in [-0.05, 0) is 30.5 Å². The lowest BCUT2D eigenvalue weighted by Gasteiger charge is -2.25. The first-order valence-corrected chi connectivity index (χ1v) is 6.73. The molecular weight excluding hydrogens is 250 g/mol. The first-order chi connectivity index (χ1) is 8.54. The molecule has 100 valence electrons. The molecule has 0 radical (unpaired) electrons. The molecule has 0 saturated carbocycles. The highest BCUT2D eigenvalue weighted by atomic mass is 35.5. The summed E-state index contributed by atoms with van der Waals surface area (Å²) in [4.78, 5) is 11.9. The molecule has 0 aromatic heterocycles. The number of hydrogen-bond donors (Lipinski definition) is 2. The van der Waals surface area contributed by atoms with Crippen LogP contribution in [0.2, 0.25) is 0 Å². The van der Waals surface area contributed by atoms with E-state index in [-0.39, 0.29) is 12.5 Å². The topological polar surface area (TPSA) is 49.3 Å². The number of rotatable bonds is 6. The standard InChI is InChI=1S/C14H20ClNO2/c1-3-14(18,4-2)10-16-13(17)12-7-5-6-11(8-12)9-15/h5-8,18H,3-4,9-10H2,1-2H3,(H,16,17). The van der Waals surface area contributed by atoms with E-state index in [1.165, 1.54) is 0 Å². The van der Waals surface area contributed by atoms with Crippen molar-refractivity contribution in [3.63, 3.8) is 0 Å². The van der Waals surface area contributed by atoms with Crippen LogP contribution in [0.1, 0.15) is 42.6 Å². The van der Waals surface area contributed by atoms with Crippen molar-refractivity contribution in [2.75, 3.05) is 6.54 Å². The molecule has 3 nitrogen and oxygen atoms in total. The summed E-state index contributed by atoms with van der Waals surface area (Å²) in [5.74, 6) is 0.205. The molecule has 18 heavy (non-hydrogen) atoms. The fraction of sp³-hybridized carbons (Fsp3) is 0.500. The maximum Gasteiger partial charge on any atom is 0.251 e. The Hall–Kier alpha value is -1.06. The second-order valence-corrected chi connectivity index (χ2v) is 4.72. The van der Waals surface area contributed by atoms with E-state index in [4.69, 9.17) is 11.6 Å². The third kappa shape index (κ3) is 4.00. The van der Waals surface area contributed by atoms with Crippen LogP contribution in [0.25, 0.3) is 0 Å². The van der Waals surface area contributed by atoms with Crippen molar-refractivity contribution in [2.24, 2.45) is 0 Å². The molecule has 0 aliphatic carbocycles.